The van der Waals surface area contributed by atoms with Crippen molar-refractivity contribution in [1.82, 2.24) is 4.90 Å². The van der Waals surface area contributed by atoms with E-state index in [1.807, 2.05) is 0 Å². The molecular weight excluding hydrogens is 244 g/mol. The van der Waals surface area contributed by atoms with Crippen LogP contribution in [0.3, 0.4) is 0 Å². The molecule has 0 spiro atoms. The zero-order valence-corrected chi connectivity index (χ0v) is 13.3. The fourth-order valence-corrected chi connectivity index (χ4v) is 3.35. The molecule has 0 bridgehead atoms. The van der Waals surface area contributed by atoms with Gasteiger partial charge in [0.2, 0.25) is 0 Å². The van der Waals surface area contributed by atoms with Gasteiger partial charge in [-0.2, -0.15) is 0 Å². The molecule has 1 saturated heterocycles. The largest absolute Gasteiger partial charge is 0.323 e. The van der Waals surface area contributed by atoms with Crippen LogP contribution in [0.2, 0.25) is 0 Å². The fraction of sp³-hybridized carbons (Fsp3) is 0.667. The van der Waals surface area contributed by atoms with E-state index in [-0.39, 0.29) is 6.04 Å². The summed E-state index contributed by atoms with van der Waals surface area (Å²) in [5.74, 6) is 0.944. The Morgan fingerprint density at radius 2 is 1.80 bits per heavy atom. The van der Waals surface area contributed by atoms with Crippen LogP contribution in [0.25, 0.3) is 0 Å². The van der Waals surface area contributed by atoms with Crippen molar-refractivity contribution in [3.8, 4) is 0 Å². The van der Waals surface area contributed by atoms with Gasteiger partial charge in [0, 0.05) is 12.1 Å². The third kappa shape index (κ3) is 3.83. The van der Waals surface area contributed by atoms with Crippen LogP contribution in [0.4, 0.5) is 0 Å². The molecule has 1 aromatic rings. The molecule has 1 aromatic carbocycles. The van der Waals surface area contributed by atoms with Gasteiger partial charge in [0.05, 0.1) is 0 Å². The molecular formula is C18H30N2. The average Bonchev–Trinajstić information content (AvgIpc) is 2.48. The van der Waals surface area contributed by atoms with E-state index in [0.29, 0.717) is 6.04 Å². The molecule has 20 heavy (non-hydrogen) atoms. The normalized spacial score (nSPS) is 20.8. The first-order chi connectivity index (χ1) is 9.61. The molecule has 1 aliphatic rings. The third-order valence-corrected chi connectivity index (χ3v) is 4.90. The van der Waals surface area contributed by atoms with Crippen LogP contribution in [0, 0.1) is 12.8 Å². The van der Waals surface area contributed by atoms with E-state index in [9.17, 15) is 0 Å². The molecule has 2 nitrogen and oxygen atoms in total. The Bertz CT molecular complexity index is 390. The SMILES string of the molecule is CCCC1CCN(C(C)C(N)c2ccc(C)cc2)CC1. The monoisotopic (exact) mass is 274 g/mol. The highest BCUT2D eigenvalue weighted by atomic mass is 15.2. The topological polar surface area (TPSA) is 29.3 Å². The smallest absolute Gasteiger partial charge is 0.0450 e. The Labute approximate surface area is 124 Å². The number of rotatable bonds is 5. The van der Waals surface area contributed by atoms with Crippen molar-refractivity contribution in [3.63, 3.8) is 0 Å². The number of aryl methyl sites for hydroxylation is 1. The first-order valence-corrected chi connectivity index (χ1v) is 8.18. The lowest BCUT2D eigenvalue weighted by molar-refractivity contribution is 0.122. The van der Waals surface area contributed by atoms with E-state index in [2.05, 4.69) is 49.9 Å². The van der Waals surface area contributed by atoms with Gasteiger partial charge in [0.15, 0.2) is 0 Å². The molecule has 2 atom stereocenters. The predicted molar refractivity (Wildman–Crippen MR) is 86.8 cm³/mol. The van der Waals surface area contributed by atoms with Crippen LogP contribution >= 0.6 is 0 Å². The Balaban J connectivity index is 1.91. The lowest BCUT2D eigenvalue weighted by Gasteiger charge is -2.38. The van der Waals surface area contributed by atoms with Crippen LogP contribution in [0.5, 0.6) is 0 Å². The van der Waals surface area contributed by atoms with Crippen molar-refractivity contribution >= 4 is 0 Å². The van der Waals surface area contributed by atoms with Crippen LogP contribution < -0.4 is 5.73 Å². The maximum atomic E-state index is 6.47. The minimum atomic E-state index is 0.123. The van der Waals surface area contributed by atoms with Gasteiger partial charge in [-0.25, -0.2) is 0 Å². The molecule has 0 radical (unpaired) electrons. The van der Waals surface area contributed by atoms with E-state index in [0.717, 1.165) is 5.92 Å². The lowest BCUT2D eigenvalue weighted by Crippen LogP contribution is -2.45. The molecule has 1 aliphatic heterocycles. The third-order valence-electron chi connectivity index (χ3n) is 4.90. The molecule has 1 fully saturated rings. The Kier molecular flexibility index (Phi) is 5.62. The second-order valence-corrected chi connectivity index (χ2v) is 6.45. The van der Waals surface area contributed by atoms with Gasteiger partial charge in [-0.1, -0.05) is 49.6 Å². The van der Waals surface area contributed by atoms with Gasteiger partial charge in [0.25, 0.3) is 0 Å². The summed E-state index contributed by atoms with van der Waals surface area (Å²) in [4.78, 5) is 2.58. The Morgan fingerprint density at radius 1 is 1.20 bits per heavy atom. The summed E-state index contributed by atoms with van der Waals surface area (Å²) in [5.41, 5.74) is 9.03. The van der Waals surface area contributed by atoms with Gasteiger partial charge < -0.3 is 5.73 Å². The maximum absolute atomic E-state index is 6.47. The molecule has 1 heterocycles. The van der Waals surface area contributed by atoms with Gasteiger partial charge in [-0.15, -0.1) is 0 Å². The minimum Gasteiger partial charge on any atom is -0.323 e. The van der Waals surface area contributed by atoms with Gasteiger partial charge in [-0.3, -0.25) is 4.90 Å². The van der Waals surface area contributed by atoms with Crippen LogP contribution in [0.1, 0.15) is 56.7 Å². The first-order valence-electron chi connectivity index (χ1n) is 8.18. The number of piperidine rings is 1. The summed E-state index contributed by atoms with van der Waals surface area (Å²) in [7, 11) is 0. The van der Waals surface area contributed by atoms with E-state index in [1.165, 1.54) is 49.9 Å². The number of nitrogens with two attached hydrogens (primary N) is 1. The van der Waals surface area contributed by atoms with Crippen molar-refractivity contribution in [2.24, 2.45) is 11.7 Å². The molecule has 112 valence electrons. The van der Waals surface area contributed by atoms with E-state index < -0.39 is 0 Å². The summed E-state index contributed by atoms with van der Waals surface area (Å²) < 4.78 is 0. The second-order valence-electron chi connectivity index (χ2n) is 6.45. The molecule has 2 unspecified atom stereocenters. The summed E-state index contributed by atoms with van der Waals surface area (Å²) in [6.45, 7) is 9.13. The molecule has 0 amide bonds. The number of likely N-dealkylation sites (tertiary alicyclic amines) is 1. The summed E-state index contributed by atoms with van der Waals surface area (Å²) in [5, 5.41) is 0. The van der Waals surface area contributed by atoms with E-state index >= 15 is 0 Å². The zero-order chi connectivity index (χ0) is 14.5. The average molecular weight is 274 g/mol. The minimum absolute atomic E-state index is 0.123. The number of benzene rings is 1. The molecule has 2 heteroatoms. The van der Waals surface area contributed by atoms with E-state index in [1.54, 1.807) is 0 Å². The van der Waals surface area contributed by atoms with Crippen LogP contribution in [-0.4, -0.2) is 24.0 Å². The summed E-state index contributed by atoms with van der Waals surface area (Å²) in [6.07, 6.45) is 5.41. The van der Waals surface area contributed by atoms with Crippen LogP contribution in [0.15, 0.2) is 24.3 Å². The van der Waals surface area contributed by atoms with Crippen molar-refractivity contribution in [1.29, 1.82) is 0 Å². The highest BCUT2D eigenvalue weighted by Gasteiger charge is 2.26. The standard InChI is InChI=1S/C18H30N2/c1-4-5-16-10-12-20(13-11-16)15(3)18(19)17-8-6-14(2)7-9-17/h6-9,15-16,18H,4-5,10-13,19H2,1-3H3. The van der Waals surface area contributed by atoms with Crippen molar-refractivity contribution < 1.29 is 0 Å². The van der Waals surface area contributed by atoms with Crippen molar-refractivity contribution in [2.75, 3.05) is 13.1 Å². The number of hydrogen-bond donors (Lipinski definition) is 1. The van der Waals surface area contributed by atoms with Crippen molar-refractivity contribution in [2.45, 2.75) is 58.5 Å². The zero-order valence-electron chi connectivity index (χ0n) is 13.3. The highest BCUT2D eigenvalue weighted by molar-refractivity contribution is 5.24. The molecule has 0 aromatic heterocycles. The number of hydrogen-bond acceptors (Lipinski definition) is 2. The van der Waals surface area contributed by atoms with Gasteiger partial charge >= 0.3 is 0 Å². The Morgan fingerprint density at radius 3 is 2.35 bits per heavy atom. The van der Waals surface area contributed by atoms with Gasteiger partial charge in [0.1, 0.15) is 0 Å². The van der Waals surface area contributed by atoms with Gasteiger partial charge in [-0.05, 0) is 51.3 Å². The molecule has 2 N–H and O–H groups in total. The fourth-order valence-electron chi connectivity index (χ4n) is 3.35. The van der Waals surface area contributed by atoms with Crippen molar-refractivity contribution in [3.05, 3.63) is 35.4 Å². The number of nitrogens with zero attached hydrogens (tertiary/aromatic N) is 1. The first kappa shape index (κ1) is 15.5. The van der Waals surface area contributed by atoms with E-state index in [4.69, 9.17) is 5.73 Å². The second kappa shape index (κ2) is 7.24. The molecule has 2 rings (SSSR count). The summed E-state index contributed by atoms with van der Waals surface area (Å²) in [6, 6.07) is 9.24. The Hall–Kier alpha value is -0.860. The maximum Gasteiger partial charge on any atom is 0.0450 e. The molecule has 0 saturated carbocycles. The predicted octanol–water partition coefficient (Wildman–Crippen LogP) is 3.90. The van der Waals surface area contributed by atoms with Crippen LogP contribution in [-0.2, 0) is 0 Å². The summed E-state index contributed by atoms with van der Waals surface area (Å²) >= 11 is 0. The molecule has 0 aliphatic carbocycles. The highest BCUT2D eigenvalue weighted by Crippen LogP contribution is 2.26. The lowest BCUT2D eigenvalue weighted by atomic mass is 9.90. The quantitative estimate of drug-likeness (QED) is 0.882.